The Labute approximate surface area is 214 Å². The predicted molar refractivity (Wildman–Crippen MR) is 134 cm³/mol. The summed E-state index contributed by atoms with van der Waals surface area (Å²) in [6, 6.07) is 2.24. The molecule has 1 aromatic carbocycles. The zero-order valence-electron chi connectivity index (χ0n) is 20.1. The Morgan fingerprint density at radius 3 is 2.36 bits per heavy atom. The standard InChI is InChI=1S/C24H27F3N6O2.H2S/c1-15(2)9-19(34)13-21-20(27)14-28-23(30-21)31-5-7-32(8-6-31)24(35)33-22(3-4-29-33)16-10-17(25)12-18(26)11-16;/h4,10-12,14-15,22H,3,5-9,13H2,1-2H3;1H2/t22-;/m0./s1. The molecule has 194 valence electrons. The number of Topliss-reactive ketones (excluding diaryl/α,β-unsaturated/α-hetero) is 1. The Morgan fingerprint density at radius 1 is 1.06 bits per heavy atom. The molecule has 0 bridgehead atoms. The molecule has 2 aromatic rings. The van der Waals surface area contributed by atoms with Crippen molar-refractivity contribution in [3.05, 3.63) is 53.1 Å². The number of anilines is 1. The van der Waals surface area contributed by atoms with Crippen LogP contribution in [0, 0.1) is 23.4 Å². The van der Waals surface area contributed by atoms with Crippen LogP contribution >= 0.6 is 13.5 Å². The van der Waals surface area contributed by atoms with Gasteiger partial charge < -0.3 is 9.80 Å². The molecule has 0 unspecified atom stereocenters. The number of aromatic nitrogens is 2. The highest BCUT2D eigenvalue weighted by Crippen LogP contribution is 2.30. The molecular weight excluding hydrogens is 493 g/mol. The Bertz CT molecular complexity index is 1120. The molecule has 1 aromatic heterocycles. The molecular formula is C24H29F3N6O2S. The molecule has 2 aliphatic heterocycles. The van der Waals surface area contributed by atoms with Gasteiger partial charge >= 0.3 is 6.03 Å². The van der Waals surface area contributed by atoms with Crippen LogP contribution in [0.2, 0.25) is 0 Å². The van der Waals surface area contributed by atoms with E-state index >= 15 is 0 Å². The van der Waals surface area contributed by atoms with Crippen molar-refractivity contribution in [3.8, 4) is 0 Å². The summed E-state index contributed by atoms with van der Waals surface area (Å²) in [5.74, 6) is -1.64. The van der Waals surface area contributed by atoms with E-state index in [1.165, 1.54) is 17.1 Å². The number of hydrogen-bond acceptors (Lipinski definition) is 6. The second-order valence-electron chi connectivity index (χ2n) is 9.13. The molecule has 36 heavy (non-hydrogen) atoms. The van der Waals surface area contributed by atoms with E-state index in [0.717, 1.165) is 12.3 Å². The number of carbonyl (C=O) groups is 2. The fraction of sp³-hybridized carbons (Fsp3) is 0.458. The van der Waals surface area contributed by atoms with Crippen LogP contribution in [0.4, 0.5) is 23.9 Å². The number of urea groups is 1. The summed E-state index contributed by atoms with van der Waals surface area (Å²) in [7, 11) is 0. The quantitative estimate of drug-likeness (QED) is 0.576. The first-order valence-electron chi connectivity index (χ1n) is 11.6. The van der Waals surface area contributed by atoms with Crippen LogP contribution < -0.4 is 4.90 Å². The van der Waals surface area contributed by atoms with Gasteiger partial charge in [-0.15, -0.1) is 0 Å². The monoisotopic (exact) mass is 522 g/mol. The third-order valence-corrected chi connectivity index (χ3v) is 5.93. The highest BCUT2D eigenvalue weighted by molar-refractivity contribution is 7.59. The number of ketones is 1. The maximum absolute atomic E-state index is 14.2. The van der Waals surface area contributed by atoms with Gasteiger partial charge in [-0.2, -0.15) is 18.6 Å². The number of hydrazone groups is 1. The maximum atomic E-state index is 14.2. The van der Waals surface area contributed by atoms with Gasteiger partial charge in [-0.3, -0.25) is 4.79 Å². The lowest BCUT2D eigenvalue weighted by molar-refractivity contribution is -0.119. The third kappa shape index (κ3) is 6.34. The van der Waals surface area contributed by atoms with Gasteiger partial charge in [-0.05, 0) is 23.6 Å². The smallest absolute Gasteiger partial charge is 0.337 e. The van der Waals surface area contributed by atoms with Crippen molar-refractivity contribution in [2.24, 2.45) is 11.0 Å². The maximum Gasteiger partial charge on any atom is 0.341 e. The van der Waals surface area contributed by atoms with E-state index in [1.807, 2.05) is 18.7 Å². The number of carbonyl (C=O) groups excluding carboxylic acids is 2. The van der Waals surface area contributed by atoms with Crippen LogP contribution in [0.25, 0.3) is 0 Å². The van der Waals surface area contributed by atoms with Gasteiger partial charge in [-0.25, -0.2) is 32.9 Å². The largest absolute Gasteiger partial charge is 0.341 e. The minimum absolute atomic E-state index is 0. The number of halogens is 3. The molecule has 1 fully saturated rings. The highest BCUT2D eigenvalue weighted by Gasteiger charge is 2.34. The Morgan fingerprint density at radius 2 is 1.72 bits per heavy atom. The van der Waals surface area contributed by atoms with E-state index in [9.17, 15) is 22.8 Å². The van der Waals surface area contributed by atoms with Gasteiger partial charge in [0.1, 0.15) is 17.4 Å². The summed E-state index contributed by atoms with van der Waals surface area (Å²) in [6.45, 7) is 5.30. The Hall–Kier alpha value is -3.15. The Kier molecular flexibility index (Phi) is 8.93. The van der Waals surface area contributed by atoms with E-state index in [0.29, 0.717) is 50.5 Å². The van der Waals surface area contributed by atoms with Gasteiger partial charge in [0.05, 0.1) is 24.4 Å². The van der Waals surface area contributed by atoms with Crippen LogP contribution in [0.5, 0.6) is 0 Å². The normalized spacial score (nSPS) is 17.5. The zero-order valence-corrected chi connectivity index (χ0v) is 21.1. The number of piperazine rings is 1. The van der Waals surface area contributed by atoms with E-state index in [1.54, 1.807) is 11.1 Å². The van der Waals surface area contributed by atoms with E-state index in [-0.39, 0.29) is 43.3 Å². The molecule has 1 saturated heterocycles. The van der Waals surface area contributed by atoms with Crippen molar-refractivity contribution in [1.29, 1.82) is 0 Å². The predicted octanol–water partition coefficient (Wildman–Crippen LogP) is 3.84. The van der Waals surface area contributed by atoms with Crippen molar-refractivity contribution in [2.75, 3.05) is 31.1 Å². The lowest BCUT2D eigenvalue weighted by Gasteiger charge is -2.37. The molecule has 0 spiro atoms. The molecule has 2 amide bonds. The second kappa shape index (κ2) is 11.7. The van der Waals surface area contributed by atoms with E-state index in [4.69, 9.17) is 0 Å². The average Bonchev–Trinajstić information content (AvgIpc) is 3.29. The molecule has 4 rings (SSSR count). The molecule has 0 radical (unpaired) electrons. The van der Waals surface area contributed by atoms with Crippen LogP contribution in [0.3, 0.4) is 0 Å². The van der Waals surface area contributed by atoms with Crippen LogP contribution in [-0.4, -0.2) is 64.1 Å². The molecule has 12 heteroatoms. The minimum Gasteiger partial charge on any atom is -0.337 e. The molecule has 0 N–H and O–H groups in total. The van der Waals surface area contributed by atoms with Crippen molar-refractivity contribution < 1.29 is 22.8 Å². The summed E-state index contributed by atoms with van der Waals surface area (Å²) < 4.78 is 41.6. The number of benzene rings is 1. The lowest BCUT2D eigenvalue weighted by atomic mass is 10.0. The third-order valence-electron chi connectivity index (χ3n) is 5.93. The molecule has 0 aliphatic carbocycles. The van der Waals surface area contributed by atoms with Crippen molar-refractivity contribution in [1.82, 2.24) is 19.9 Å². The number of rotatable bonds is 6. The number of amides is 2. The Balaban J connectivity index is 0.00000361. The van der Waals surface area contributed by atoms with Gasteiger partial charge in [0.2, 0.25) is 5.95 Å². The fourth-order valence-electron chi connectivity index (χ4n) is 4.27. The number of nitrogens with zero attached hydrogens (tertiary/aromatic N) is 6. The highest BCUT2D eigenvalue weighted by atomic mass is 32.1. The second-order valence-corrected chi connectivity index (χ2v) is 9.13. The van der Waals surface area contributed by atoms with Gasteiger partial charge in [0, 0.05) is 51.3 Å². The van der Waals surface area contributed by atoms with Gasteiger partial charge in [0.25, 0.3) is 0 Å². The molecule has 2 aliphatic rings. The molecule has 8 nitrogen and oxygen atoms in total. The van der Waals surface area contributed by atoms with Gasteiger partial charge in [-0.1, -0.05) is 13.8 Å². The average molecular weight is 523 g/mol. The van der Waals surface area contributed by atoms with Gasteiger partial charge in [0.15, 0.2) is 5.82 Å². The van der Waals surface area contributed by atoms with Crippen LogP contribution in [-0.2, 0) is 11.2 Å². The molecule has 3 heterocycles. The summed E-state index contributed by atoms with van der Waals surface area (Å²) in [5, 5.41) is 5.38. The topological polar surface area (TPSA) is 82.0 Å². The van der Waals surface area contributed by atoms with Crippen LogP contribution in [0.15, 0.2) is 29.5 Å². The molecule has 0 saturated carbocycles. The zero-order chi connectivity index (χ0) is 25.1. The summed E-state index contributed by atoms with van der Waals surface area (Å²) >= 11 is 0. The lowest BCUT2D eigenvalue weighted by Crippen LogP contribution is -2.52. The number of hydrogen-bond donors (Lipinski definition) is 0. The first-order chi connectivity index (χ1) is 16.7. The van der Waals surface area contributed by atoms with E-state index in [2.05, 4.69) is 15.1 Å². The molecule has 1 atom stereocenters. The van der Waals surface area contributed by atoms with Crippen molar-refractivity contribution in [3.63, 3.8) is 0 Å². The SMILES string of the molecule is CC(C)CC(=O)Cc1nc(N2CCN(C(=O)N3N=CC[C@H]3c3cc(F)cc(F)c3)CC2)ncc1F.S. The van der Waals surface area contributed by atoms with Crippen molar-refractivity contribution in [2.45, 2.75) is 39.2 Å². The first kappa shape index (κ1) is 27.4. The van der Waals surface area contributed by atoms with Crippen LogP contribution in [0.1, 0.15) is 44.0 Å². The summed E-state index contributed by atoms with van der Waals surface area (Å²) in [4.78, 5) is 37.0. The summed E-state index contributed by atoms with van der Waals surface area (Å²) in [5.41, 5.74) is 0.405. The minimum atomic E-state index is -0.711. The van der Waals surface area contributed by atoms with Crippen molar-refractivity contribution >= 4 is 37.5 Å². The fourth-order valence-corrected chi connectivity index (χ4v) is 4.27. The summed E-state index contributed by atoms with van der Waals surface area (Å²) in [6.07, 6.45) is 3.24. The first-order valence-corrected chi connectivity index (χ1v) is 11.6. The van der Waals surface area contributed by atoms with E-state index < -0.39 is 23.5 Å².